The molecule has 0 fully saturated rings. The molecule has 0 aromatic heterocycles. The molecule has 3 rings (SSSR count). The number of hydrogen-bond donors (Lipinski definition) is 1. The molecule has 1 unspecified atom stereocenters. The fourth-order valence-corrected chi connectivity index (χ4v) is 2.79. The Morgan fingerprint density at radius 1 is 1.10 bits per heavy atom. The Bertz CT molecular complexity index is 597. The van der Waals surface area contributed by atoms with Crippen LogP contribution in [-0.4, -0.2) is 19.8 Å². The fraction of sp³-hybridized carbons (Fsp3) is 0.333. The van der Waals surface area contributed by atoms with Gasteiger partial charge < -0.3 is 15.2 Å². The van der Waals surface area contributed by atoms with Gasteiger partial charge in [-0.25, -0.2) is 0 Å². The first-order valence-corrected chi connectivity index (χ1v) is 7.48. The largest absolute Gasteiger partial charge is 0.490 e. The molecule has 1 aliphatic rings. The minimum Gasteiger partial charge on any atom is -0.490 e. The van der Waals surface area contributed by atoms with E-state index >= 15 is 0 Å². The third-order valence-electron chi connectivity index (χ3n) is 3.87. The van der Waals surface area contributed by atoms with E-state index in [9.17, 15) is 0 Å². The molecule has 2 N–H and O–H groups in total. The van der Waals surface area contributed by atoms with Crippen LogP contribution >= 0.6 is 0 Å². The van der Waals surface area contributed by atoms with E-state index in [4.69, 9.17) is 15.2 Å². The van der Waals surface area contributed by atoms with E-state index in [2.05, 4.69) is 30.3 Å². The van der Waals surface area contributed by atoms with E-state index in [1.165, 1.54) is 11.1 Å². The first-order valence-electron chi connectivity index (χ1n) is 7.48. The van der Waals surface area contributed by atoms with E-state index in [1.54, 1.807) is 0 Å². The number of rotatable bonds is 5. The topological polar surface area (TPSA) is 44.5 Å². The third kappa shape index (κ3) is 3.26. The molecular weight excluding hydrogens is 262 g/mol. The summed E-state index contributed by atoms with van der Waals surface area (Å²) in [6, 6.07) is 16.5. The second kappa shape index (κ2) is 6.74. The van der Waals surface area contributed by atoms with E-state index in [0.29, 0.717) is 13.2 Å². The van der Waals surface area contributed by atoms with Gasteiger partial charge in [0.2, 0.25) is 0 Å². The molecule has 3 nitrogen and oxygen atoms in total. The van der Waals surface area contributed by atoms with Crippen molar-refractivity contribution in [2.45, 2.75) is 18.9 Å². The average Bonchev–Trinajstić information content (AvgIpc) is 2.54. The van der Waals surface area contributed by atoms with Gasteiger partial charge in [-0.3, -0.25) is 0 Å². The molecule has 2 aromatic rings. The third-order valence-corrected chi connectivity index (χ3v) is 3.87. The smallest absolute Gasteiger partial charge is 0.122 e. The monoisotopic (exact) mass is 283 g/mol. The highest BCUT2D eigenvalue weighted by Crippen LogP contribution is 2.28. The van der Waals surface area contributed by atoms with E-state index in [-0.39, 0.29) is 6.10 Å². The summed E-state index contributed by atoms with van der Waals surface area (Å²) in [6.07, 6.45) is 1.83. The highest BCUT2D eigenvalue weighted by atomic mass is 16.5. The minimum atomic E-state index is 0.0147. The Hall–Kier alpha value is -1.84. The SMILES string of the molecule is NCCc1ccccc1OCC1OCCc2ccccc21. The normalized spacial score (nSPS) is 17.3. The van der Waals surface area contributed by atoms with Crippen molar-refractivity contribution in [3.8, 4) is 5.75 Å². The number of hydrogen-bond acceptors (Lipinski definition) is 3. The summed E-state index contributed by atoms with van der Waals surface area (Å²) < 4.78 is 11.9. The number of para-hydroxylation sites is 1. The first-order chi connectivity index (χ1) is 10.4. The highest BCUT2D eigenvalue weighted by molar-refractivity contribution is 5.34. The van der Waals surface area contributed by atoms with Gasteiger partial charge in [0, 0.05) is 0 Å². The lowest BCUT2D eigenvalue weighted by Gasteiger charge is -2.26. The molecule has 0 amide bonds. The lowest BCUT2D eigenvalue weighted by molar-refractivity contribution is 0.00999. The van der Waals surface area contributed by atoms with Crippen molar-refractivity contribution >= 4 is 0 Å². The van der Waals surface area contributed by atoms with Crippen LogP contribution < -0.4 is 10.5 Å². The van der Waals surface area contributed by atoms with Gasteiger partial charge >= 0.3 is 0 Å². The maximum atomic E-state index is 6.01. The molecule has 3 heteroatoms. The molecule has 21 heavy (non-hydrogen) atoms. The van der Waals surface area contributed by atoms with Crippen molar-refractivity contribution in [2.24, 2.45) is 5.73 Å². The average molecular weight is 283 g/mol. The van der Waals surface area contributed by atoms with Gasteiger partial charge in [0.25, 0.3) is 0 Å². The quantitative estimate of drug-likeness (QED) is 0.917. The molecule has 1 aliphatic heterocycles. The van der Waals surface area contributed by atoms with Crippen molar-refractivity contribution in [2.75, 3.05) is 19.8 Å². The molecule has 1 heterocycles. The summed E-state index contributed by atoms with van der Waals surface area (Å²) in [6.45, 7) is 1.93. The summed E-state index contributed by atoms with van der Waals surface area (Å²) in [4.78, 5) is 0. The van der Waals surface area contributed by atoms with Gasteiger partial charge in [-0.15, -0.1) is 0 Å². The highest BCUT2D eigenvalue weighted by Gasteiger charge is 2.21. The molecular formula is C18H21NO2. The van der Waals surface area contributed by atoms with Crippen LogP contribution in [0.2, 0.25) is 0 Å². The Labute approximate surface area is 125 Å². The molecule has 0 saturated heterocycles. The maximum Gasteiger partial charge on any atom is 0.122 e. The van der Waals surface area contributed by atoms with Crippen molar-refractivity contribution in [1.29, 1.82) is 0 Å². The predicted octanol–water partition coefficient (Wildman–Crippen LogP) is 2.88. The van der Waals surface area contributed by atoms with Gasteiger partial charge in [-0.05, 0) is 42.1 Å². The van der Waals surface area contributed by atoms with Crippen LogP contribution in [0.5, 0.6) is 5.75 Å². The summed E-state index contributed by atoms with van der Waals surface area (Å²) in [7, 11) is 0. The predicted molar refractivity (Wildman–Crippen MR) is 83.5 cm³/mol. The lowest BCUT2D eigenvalue weighted by atomic mass is 9.98. The Balaban J connectivity index is 1.72. The Morgan fingerprint density at radius 2 is 1.90 bits per heavy atom. The van der Waals surface area contributed by atoms with Gasteiger partial charge in [-0.2, -0.15) is 0 Å². The van der Waals surface area contributed by atoms with Gasteiger partial charge in [0.15, 0.2) is 0 Å². The molecule has 2 aromatic carbocycles. The minimum absolute atomic E-state index is 0.0147. The van der Waals surface area contributed by atoms with Crippen LogP contribution in [0.1, 0.15) is 22.8 Å². The summed E-state index contributed by atoms with van der Waals surface area (Å²) >= 11 is 0. The van der Waals surface area contributed by atoms with Crippen LogP contribution in [0.3, 0.4) is 0 Å². The fourth-order valence-electron chi connectivity index (χ4n) is 2.79. The van der Waals surface area contributed by atoms with Crippen LogP contribution in [0.15, 0.2) is 48.5 Å². The molecule has 1 atom stereocenters. The lowest BCUT2D eigenvalue weighted by Crippen LogP contribution is -2.22. The second-order valence-electron chi connectivity index (χ2n) is 5.27. The Morgan fingerprint density at radius 3 is 2.81 bits per heavy atom. The Kier molecular flexibility index (Phi) is 4.53. The van der Waals surface area contributed by atoms with Crippen LogP contribution in [-0.2, 0) is 17.6 Å². The van der Waals surface area contributed by atoms with E-state index in [0.717, 1.165) is 30.8 Å². The van der Waals surface area contributed by atoms with Gasteiger partial charge in [0.05, 0.1) is 6.61 Å². The first kappa shape index (κ1) is 14.1. The van der Waals surface area contributed by atoms with Crippen LogP contribution in [0.4, 0.5) is 0 Å². The summed E-state index contributed by atoms with van der Waals surface area (Å²) in [5.41, 5.74) is 9.43. The molecule has 0 spiro atoms. The van der Waals surface area contributed by atoms with Crippen LogP contribution in [0.25, 0.3) is 0 Å². The zero-order valence-electron chi connectivity index (χ0n) is 12.1. The zero-order chi connectivity index (χ0) is 14.5. The second-order valence-corrected chi connectivity index (χ2v) is 5.27. The van der Waals surface area contributed by atoms with Crippen molar-refractivity contribution in [1.82, 2.24) is 0 Å². The number of ether oxygens (including phenoxy) is 2. The zero-order valence-corrected chi connectivity index (χ0v) is 12.1. The molecule has 0 radical (unpaired) electrons. The van der Waals surface area contributed by atoms with Crippen molar-refractivity contribution in [3.63, 3.8) is 0 Å². The maximum absolute atomic E-state index is 6.01. The molecule has 0 saturated carbocycles. The summed E-state index contributed by atoms with van der Waals surface area (Å²) in [5, 5.41) is 0. The van der Waals surface area contributed by atoms with Crippen molar-refractivity contribution in [3.05, 3.63) is 65.2 Å². The molecule has 0 bridgehead atoms. The molecule has 0 aliphatic carbocycles. The standard InChI is InChI=1S/C18H21NO2/c19-11-9-15-6-2-4-8-17(15)21-13-18-16-7-3-1-5-14(16)10-12-20-18/h1-8,18H,9-13,19H2. The number of nitrogens with two attached hydrogens (primary N) is 1. The number of fused-ring (bicyclic) bond motifs is 1. The van der Waals surface area contributed by atoms with Gasteiger partial charge in [-0.1, -0.05) is 42.5 Å². The summed E-state index contributed by atoms with van der Waals surface area (Å²) in [5.74, 6) is 0.912. The molecule has 110 valence electrons. The number of benzene rings is 2. The van der Waals surface area contributed by atoms with E-state index < -0.39 is 0 Å². The van der Waals surface area contributed by atoms with E-state index in [1.807, 2.05) is 18.2 Å². The van der Waals surface area contributed by atoms with Gasteiger partial charge in [0.1, 0.15) is 18.5 Å². The van der Waals surface area contributed by atoms with Crippen LogP contribution in [0, 0.1) is 0 Å². The van der Waals surface area contributed by atoms with Crippen molar-refractivity contribution < 1.29 is 9.47 Å².